The summed E-state index contributed by atoms with van der Waals surface area (Å²) < 4.78 is 5.79. The number of rotatable bonds is 6. The van der Waals surface area contributed by atoms with E-state index >= 15 is 0 Å². The third-order valence-corrected chi connectivity index (χ3v) is 4.31. The summed E-state index contributed by atoms with van der Waals surface area (Å²) in [7, 11) is 5.92. The molecule has 2 N–H and O–H groups in total. The maximum absolute atomic E-state index is 5.79. The molecule has 1 atom stereocenters. The average molecular weight is 318 g/mol. The first-order chi connectivity index (χ1) is 11.0. The number of guanidine groups is 1. The van der Waals surface area contributed by atoms with Gasteiger partial charge < -0.3 is 20.3 Å². The molecule has 0 amide bonds. The van der Waals surface area contributed by atoms with E-state index in [9.17, 15) is 0 Å². The molecule has 5 heteroatoms. The zero-order valence-corrected chi connectivity index (χ0v) is 14.9. The van der Waals surface area contributed by atoms with Crippen molar-refractivity contribution in [1.29, 1.82) is 0 Å². The van der Waals surface area contributed by atoms with Gasteiger partial charge in [0.2, 0.25) is 0 Å². The number of aliphatic imine (C=N–C) groups is 1. The van der Waals surface area contributed by atoms with E-state index in [2.05, 4.69) is 65.8 Å². The first-order valence-corrected chi connectivity index (χ1v) is 8.37. The lowest BCUT2D eigenvalue weighted by Crippen LogP contribution is -2.45. The fourth-order valence-electron chi connectivity index (χ4n) is 2.75. The van der Waals surface area contributed by atoms with Gasteiger partial charge in [0.25, 0.3) is 0 Å². The van der Waals surface area contributed by atoms with Crippen molar-refractivity contribution >= 4 is 11.6 Å². The Morgan fingerprint density at radius 2 is 2.00 bits per heavy atom. The summed E-state index contributed by atoms with van der Waals surface area (Å²) in [5, 5.41) is 6.74. The van der Waals surface area contributed by atoms with Crippen LogP contribution in [-0.4, -0.2) is 52.4 Å². The van der Waals surface area contributed by atoms with Crippen LogP contribution in [0.3, 0.4) is 0 Å². The molecule has 1 aliphatic heterocycles. The Balaban J connectivity index is 1.73. The fourth-order valence-corrected chi connectivity index (χ4v) is 2.75. The van der Waals surface area contributed by atoms with Crippen LogP contribution in [-0.2, 0) is 11.2 Å². The van der Waals surface area contributed by atoms with Crippen molar-refractivity contribution < 1.29 is 4.74 Å². The summed E-state index contributed by atoms with van der Waals surface area (Å²) in [5.74, 6) is 0.839. The van der Waals surface area contributed by atoms with Crippen LogP contribution in [0.1, 0.15) is 25.3 Å². The lowest BCUT2D eigenvalue weighted by Gasteiger charge is -2.24. The number of hydrogen-bond donors (Lipinski definition) is 2. The highest BCUT2D eigenvalue weighted by atomic mass is 16.5. The van der Waals surface area contributed by atoms with Crippen molar-refractivity contribution in [3.63, 3.8) is 0 Å². The third kappa shape index (κ3) is 5.43. The number of benzene rings is 1. The Bertz CT molecular complexity index is 504. The maximum atomic E-state index is 5.79. The second-order valence-electron chi connectivity index (χ2n) is 6.57. The normalized spacial score (nSPS) is 21.3. The zero-order valence-electron chi connectivity index (χ0n) is 14.9. The average Bonchev–Trinajstić information content (AvgIpc) is 2.98. The molecule has 2 rings (SSSR count). The second-order valence-corrected chi connectivity index (χ2v) is 6.57. The minimum Gasteiger partial charge on any atom is -0.378 e. The minimum absolute atomic E-state index is 0.0559. The molecule has 0 radical (unpaired) electrons. The molecule has 1 saturated heterocycles. The molecule has 0 bridgehead atoms. The summed E-state index contributed by atoms with van der Waals surface area (Å²) >= 11 is 0. The summed E-state index contributed by atoms with van der Waals surface area (Å²) in [6.07, 6.45) is 3.23. The molecule has 1 aromatic rings. The maximum Gasteiger partial charge on any atom is 0.191 e. The van der Waals surface area contributed by atoms with Gasteiger partial charge in [-0.3, -0.25) is 4.99 Å². The Morgan fingerprint density at radius 1 is 1.26 bits per heavy atom. The Labute approximate surface area is 140 Å². The molecule has 1 heterocycles. The van der Waals surface area contributed by atoms with Crippen LogP contribution in [0.15, 0.2) is 29.3 Å². The van der Waals surface area contributed by atoms with Crippen molar-refractivity contribution in [3.8, 4) is 0 Å². The standard InChI is InChI=1S/C18H30N4O/c1-18(11-5-13-23-18)14-21-17(19-2)20-12-10-15-6-8-16(9-7-15)22(3)4/h6-9H,5,10-14H2,1-4H3,(H2,19,20,21). The van der Waals surface area contributed by atoms with Crippen molar-refractivity contribution in [2.75, 3.05) is 45.7 Å². The smallest absolute Gasteiger partial charge is 0.191 e. The van der Waals surface area contributed by atoms with Crippen LogP contribution in [0.25, 0.3) is 0 Å². The molecular formula is C18H30N4O. The summed E-state index contributed by atoms with van der Waals surface area (Å²) in [6.45, 7) is 4.68. The largest absolute Gasteiger partial charge is 0.378 e. The fraction of sp³-hybridized carbons (Fsp3) is 0.611. The first kappa shape index (κ1) is 17.6. The first-order valence-electron chi connectivity index (χ1n) is 8.37. The molecule has 0 saturated carbocycles. The Morgan fingerprint density at radius 3 is 2.57 bits per heavy atom. The van der Waals surface area contributed by atoms with Gasteiger partial charge in [-0.15, -0.1) is 0 Å². The number of nitrogens with zero attached hydrogens (tertiary/aromatic N) is 2. The monoisotopic (exact) mass is 318 g/mol. The van der Waals surface area contributed by atoms with Gasteiger partial charge in [0.15, 0.2) is 5.96 Å². The van der Waals surface area contributed by atoms with E-state index < -0.39 is 0 Å². The van der Waals surface area contributed by atoms with Gasteiger partial charge in [0.1, 0.15) is 0 Å². The van der Waals surface area contributed by atoms with E-state index in [1.807, 2.05) is 0 Å². The molecular weight excluding hydrogens is 288 g/mol. The topological polar surface area (TPSA) is 48.9 Å². The minimum atomic E-state index is -0.0559. The van der Waals surface area contributed by atoms with Crippen molar-refractivity contribution in [2.45, 2.75) is 31.8 Å². The second kappa shape index (κ2) is 8.20. The quantitative estimate of drug-likeness (QED) is 0.622. The van der Waals surface area contributed by atoms with Gasteiger partial charge in [-0.25, -0.2) is 0 Å². The summed E-state index contributed by atoms with van der Waals surface area (Å²) in [6, 6.07) is 8.67. The Kier molecular flexibility index (Phi) is 6.28. The number of nitrogens with one attached hydrogen (secondary N) is 2. The molecule has 1 aromatic carbocycles. The lowest BCUT2D eigenvalue weighted by atomic mass is 10.0. The van der Waals surface area contributed by atoms with E-state index in [1.165, 1.54) is 11.3 Å². The highest BCUT2D eigenvalue weighted by Crippen LogP contribution is 2.23. The van der Waals surface area contributed by atoms with Gasteiger partial charge in [-0.2, -0.15) is 0 Å². The highest BCUT2D eigenvalue weighted by Gasteiger charge is 2.29. The van der Waals surface area contributed by atoms with Crippen molar-refractivity contribution in [3.05, 3.63) is 29.8 Å². The molecule has 128 valence electrons. The molecule has 0 aromatic heterocycles. The van der Waals surface area contributed by atoms with E-state index in [4.69, 9.17) is 4.74 Å². The van der Waals surface area contributed by atoms with E-state index in [0.717, 1.165) is 44.9 Å². The van der Waals surface area contributed by atoms with Gasteiger partial charge >= 0.3 is 0 Å². The van der Waals surface area contributed by atoms with Crippen molar-refractivity contribution in [1.82, 2.24) is 10.6 Å². The van der Waals surface area contributed by atoms with Crippen LogP contribution in [0, 0.1) is 0 Å². The van der Waals surface area contributed by atoms with Gasteiger partial charge in [-0.1, -0.05) is 12.1 Å². The van der Waals surface area contributed by atoms with Crippen LogP contribution in [0.4, 0.5) is 5.69 Å². The predicted octanol–water partition coefficient (Wildman–Crippen LogP) is 2.03. The van der Waals surface area contributed by atoms with Crippen LogP contribution in [0.2, 0.25) is 0 Å². The van der Waals surface area contributed by atoms with E-state index in [1.54, 1.807) is 7.05 Å². The SMILES string of the molecule is CN=C(NCCc1ccc(N(C)C)cc1)NCC1(C)CCCO1. The Hall–Kier alpha value is -1.75. The summed E-state index contributed by atoms with van der Waals surface area (Å²) in [5.41, 5.74) is 2.49. The number of hydrogen-bond acceptors (Lipinski definition) is 3. The molecule has 5 nitrogen and oxygen atoms in total. The summed E-state index contributed by atoms with van der Waals surface area (Å²) in [4.78, 5) is 6.39. The van der Waals surface area contributed by atoms with Gasteiger partial charge in [0.05, 0.1) is 5.60 Å². The molecule has 0 aliphatic carbocycles. The predicted molar refractivity (Wildman–Crippen MR) is 97.4 cm³/mol. The number of ether oxygens (including phenoxy) is 1. The van der Waals surface area contributed by atoms with Crippen LogP contribution in [0.5, 0.6) is 0 Å². The number of anilines is 1. The molecule has 1 fully saturated rings. The zero-order chi connectivity index (χ0) is 16.7. The molecule has 0 spiro atoms. The lowest BCUT2D eigenvalue weighted by molar-refractivity contribution is 0.0243. The molecule has 1 unspecified atom stereocenters. The van der Waals surface area contributed by atoms with Crippen LogP contribution < -0.4 is 15.5 Å². The molecule has 1 aliphatic rings. The van der Waals surface area contributed by atoms with Gasteiger partial charge in [-0.05, 0) is 43.9 Å². The highest BCUT2D eigenvalue weighted by molar-refractivity contribution is 5.79. The molecule has 23 heavy (non-hydrogen) atoms. The van der Waals surface area contributed by atoms with Gasteiger partial charge in [0, 0.05) is 46.5 Å². The van der Waals surface area contributed by atoms with E-state index in [-0.39, 0.29) is 5.60 Å². The van der Waals surface area contributed by atoms with E-state index in [0.29, 0.717) is 0 Å². The third-order valence-electron chi connectivity index (χ3n) is 4.31. The van der Waals surface area contributed by atoms with Crippen molar-refractivity contribution in [2.24, 2.45) is 4.99 Å². The van der Waals surface area contributed by atoms with Crippen LogP contribution >= 0.6 is 0 Å².